The standard InChI is InChI=1S/C37H56N6O6/c1-24(2)18-26(32(45)38-7)20-31(44)37(6,27-16-12-9-13-17-27)43-34(47)30(21-28-22-39-23-40-28)41-33(46)29(19-25-14-10-8-11-15-25)42-35(48)49-36(3,4)5/h8,10-11,14-15,22-23,26-27,29-31,44H,1,9,12-13,16-21H2,2-7H3,(H,38,45)(H,39,40)(H,41,46)(H,42,48)(H,43,47)/t26-,29?,30?,31+,37+/m1/s1. The number of carbonyl (C=O) groups excluding carboxylic acids is 4. The second kappa shape index (κ2) is 18.0. The monoisotopic (exact) mass is 680 g/mol. The van der Waals surface area contributed by atoms with Gasteiger partial charge in [-0.1, -0.05) is 55.2 Å². The predicted molar refractivity (Wildman–Crippen MR) is 188 cm³/mol. The molecule has 6 N–H and O–H groups in total. The number of hydrogen-bond donors (Lipinski definition) is 6. The van der Waals surface area contributed by atoms with Crippen LogP contribution in [0.3, 0.4) is 0 Å². The van der Waals surface area contributed by atoms with Crippen molar-refractivity contribution >= 4 is 23.8 Å². The lowest BCUT2D eigenvalue weighted by atomic mass is 9.70. The van der Waals surface area contributed by atoms with E-state index in [4.69, 9.17) is 4.74 Å². The van der Waals surface area contributed by atoms with E-state index < -0.39 is 53.2 Å². The minimum atomic E-state index is -1.11. The van der Waals surface area contributed by atoms with Gasteiger partial charge in [-0.05, 0) is 71.8 Å². The fraction of sp³-hybridized carbons (Fsp3) is 0.595. The molecule has 0 radical (unpaired) electrons. The van der Waals surface area contributed by atoms with Crippen molar-refractivity contribution in [3.63, 3.8) is 0 Å². The zero-order chi connectivity index (χ0) is 36.2. The third-order valence-corrected chi connectivity index (χ3v) is 9.15. The van der Waals surface area contributed by atoms with Crippen LogP contribution in [0.15, 0.2) is 55.0 Å². The van der Waals surface area contributed by atoms with E-state index in [2.05, 4.69) is 37.8 Å². The van der Waals surface area contributed by atoms with Crippen LogP contribution < -0.4 is 21.3 Å². The van der Waals surface area contributed by atoms with Crippen molar-refractivity contribution in [1.82, 2.24) is 31.2 Å². The van der Waals surface area contributed by atoms with Crippen LogP contribution >= 0.6 is 0 Å². The third-order valence-electron chi connectivity index (χ3n) is 9.15. The number of H-pyrrole nitrogens is 1. The fourth-order valence-electron chi connectivity index (χ4n) is 6.54. The first-order chi connectivity index (χ1) is 23.1. The molecule has 0 aliphatic heterocycles. The largest absolute Gasteiger partial charge is 0.444 e. The normalized spacial score (nSPS) is 17.4. The van der Waals surface area contributed by atoms with Gasteiger partial charge in [-0.3, -0.25) is 14.4 Å². The van der Waals surface area contributed by atoms with Gasteiger partial charge in [0.05, 0.1) is 23.7 Å². The summed E-state index contributed by atoms with van der Waals surface area (Å²) >= 11 is 0. The maximum Gasteiger partial charge on any atom is 0.408 e. The second-order valence-electron chi connectivity index (χ2n) is 14.5. The van der Waals surface area contributed by atoms with Crippen molar-refractivity contribution in [1.29, 1.82) is 0 Å². The number of aromatic nitrogens is 2. The van der Waals surface area contributed by atoms with Crippen molar-refractivity contribution in [3.05, 3.63) is 66.3 Å². The summed E-state index contributed by atoms with van der Waals surface area (Å²) in [4.78, 5) is 61.1. The summed E-state index contributed by atoms with van der Waals surface area (Å²) in [5.74, 6) is -1.88. The number of allylic oxidation sites excluding steroid dienone is 1. The minimum absolute atomic E-state index is 0.0545. The first-order valence-electron chi connectivity index (χ1n) is 17.3. The Kier molecular flexibility index (Phi) is 14.4. The molecule has 2 unspecified atom stereocenters. The molecule has 0 saturated heterocycles. The number of rotatable bonds is 16. The predicted octanol–water partition coefficient (Wildman–Crippen LogP) is 4.11. The highest BCUT2D eigenvalue weighted by Crippen LogP contribution is 2.37. The zero-order valence-electron chi connectivity index (χ0n) is 29.9. The van der Waals surface area contributed by atoms with E-state index in [0.717, 1.165) is 43.2 Å². The second-order valence-corrected chi connectivity index (χ2v) is 14.5. The summed E-state index contributed by atoms with van der Waals surface area (Å²) in [5, 5.41) is 23.3. The van der Waals surface area contributed by atoms with Gasteiger partial charge in [0, 0.05) is 32.0 Å². The van der Waals surface area contributed by atoms with Crippen molar-refractivity contribution in [3.8, 4) is 0 Å². The van der Waals surface area contributed by atoms with E-state index in [-0.39, 0.29) is 31.1 Å². The van der Waals surface area contributed by atoms with Crippen LogP contribution in [0.5, 0.6) is 0 Å². The summed E-state index contributed by atoms with van der Waals surface area (Å²) < 4.78 is 5.45. The number of hydrogen-bond acceptors (Lipinski definition) is 7. The lowest BCUT2D eigenvalue weighted by Crippen LogP contribution is -2.64. The smallest absolute Gasteiger partial charge is 0.408 e. The van der Waals surface area contributed by atoms with E-state index in [1.54, 1.807) is 34.0 Å². The quantitative estimate of drug-likeness (QED) is 0.145. The number of alkyl carbamates (subject to hydrolysis) is 1. The van der Waals surface area contributed by atoms with Crippen molar-refractivity contribution < 1.29 is 29.0 Å². The molecule has 1 aliphatic rings. The third kappa shape index (κ3) is 12.3. The van der Waals surface area contributed by atoms with Gasteiger partial charge in [-0.2, -0.15) is 0 Å². The molecule has 1 saturated carbocycles. The Bertz CT molecular complexity index is 1390. The van der Waals surface area contributed by atoms with E-state index >= 15 is 0 Å². The van der Waals surface area contributed by atoms with Gasteiger partial charge in [0.2, 0.25) is 17.7 Å². The SMILES string of the molecule is C=C(C)C[C@H](C[C@H](O)[C@@](C)(NC(=O)C(Cc1c[nH]cn1)NC(=O)C(Cc1ccccc1)NC(=O)OC(C)(C)C)C1CCCCC1)C(=O)NC. The molecule has 270 valence electrons. The van der Waals surface area contributed by atoms with E-state index in [1.807, 2.05) is 44.2 Å². The maximum absolute atomic E-state index is 14.3. The number of nitrogens with one attached hydrogen (secondary N) is 5. The fourth-order valence-corrected chi connectivity index (χ4v) is 6.54. The van der Waals surface area contributed by atoms with Gasteiger partial charge in [0.25, 0.3) is 0 Å². The Morgan fingerprint density at radius 3 is 2.20 bits per heavy atom. The zero-order valence-corrected chi connectivity index (χ0v) is 29.9. The summed E-state index contributed by atoms with van der Waals surface area (Å²) in [6.07, 6.45) is 6.62. The summed E-state index contributed by atoms with van der Waals surface area (Å²) in [5.41, 5.74) is 0.273. The number of nitrogens with zero attached hydrogens (tertiary/aromatic N) is 1. The van der Waals surface area contributed by atoms with Gasteiger partial charge < -0.3 is 36.1 Å². The molecule has 12 nitrogen and oxygen atoms in total. The molecule has 0 bridgehead atoms. The number of aromatic amines is 1. The topological polar surface area (TPSA) is 175 Å². The Hall–Kier alpha value is -4.19. The first kappa shape index (κ1) is 39.3. The van der Waals surface area contributed by atoms with Gasteiger partial charge in [-0.25, -0.2) is 9.78 Å². The van der Waals surface area contributed by atoms with Crippen molar-refractivity contribution in [2.45, 2.75) is 122 Å². The molecule has 2 aromatic rings. The molecule has 0 spiro atoms. The molecule has 1 aromatic heterocycles. The molecule has 12 heteroatoms. The number of amides is 4. The first-order valence-corrected chi connectivity index (χ1v) is 17.3. The Morgan fingerprint density at radius 2 is 1.63 bits per heavy atom. The molecule has 5 atom stereocenters. The number of ether oxygens (including phenoxy) is 1. The van der Waals surface area contributed by atoms with Crippen LogP contribution in [0, 0.1) is 11.8 Å². The summed E-state index contributed by atoms with van der Waals surface area (Å²) in [7, 11) is 1.56. The average Bonchev–Trinajstić information content (AvgIpc) is 3.56. The minimum Gasteiger partial charge on any atom is -0.444 e. The average molecular weight is 681 g/mol. The molecule has 1 heterocycles. The van der Waals surface area contributed by atoms with E-state index in [1.165, 1.54) is 6.33 Å². The number of carbonyl (C=O) groups is 4. The van der Waals surface area contributed by atoms with Gasteiger partial charge >= 0.3 is 6.09 Å². The van der Waals surface area contributed by atoms with Gasteiger partial charge in [0.15, 0.2) is 0 Å². The van der Waals surface area contributed by atoms with E-state index in [0.29, 0.717) is 12.1 Å². The van der Waals surface area contributed by atoms with Crippen LogP contribution in [-0.4, -0.2) is 75.3 Å². The lowest BCUT2D eigenvalue weighted by Gasteiger charge is -2.45. The lowest BCUT2D eigenvalue weighted by molar-refractivity contribution is -0.133. The molecule has 1 fully saturated rings. The maximum atomic E-state index is 14.3. The molecule has 4 amide bonds. The molecule has 1 aromatic carbocycles. The van der Waals surface area contributed by atoms with Crippen LogP contribution in [0.25, 0.3) is 0 Å². The molecule has 3 rings (SSSR count). The van der Waals surface area contributed by atoms with Crippen molar-refractivity contribution in [2.75, 3.05) is 7.05 Å². The van der Waals surface area contributed by atoms with Gasteiger partial charge in [0.1, 0.15) is 17.7 Å². The summed E-state index contributed by atoms with van der Waals surface area (Å²) in [6.45, 7) is 12.8. The highest BCUT2D eigenvalue weighted by Gasteiger charge is 2.45. The van der Waals surface area contributed by atoms with Crippen LogP contribution in [0.1, 0.15) is 90.8 Å². The highest BCUT2D eigenvalue weighted by molar-refractivity contribution is 5.92. The number of benzene rings is 1. The Balaban J connectivity index is 1.92. The van der Waals surface area contributed by atoms with Crippen LogP contribution in [0.2, 0.25) is 0 Å². The molecule has 1 aliphatic carbocycles. The van der Waals surface area contributed by atoms with Crippen molar-refractivity contribution in [2.24, 2.45) is 11.8 Å². The summed E-state index contributed by atoms with van der Waals surface area (Å²) in [6, 6.07) is 7.08. The number of aliphatic hydroxyl groups is 1. The Labute approximate surface area is 290 Å². The van der Waals surface area contributed by atoms with E-state index in [9.17, 15) is 24.3 Å². The number of imidazole rings is 1. The molecular formula is C37H56N6O6. The van der Waals surface area contributed by atoms with Gasteiger partial charge in [-0.15, -0.1) is 6.58 Å². The number of aliphatic hydroxyl groups excluding tert-OH is 1. The molecule has 49 heavy (non-hydrogen) atoms. The molecular weight excluding hydrogens is 624 g/mol. The van der Waals surface area contributed by atoms with Crippen LogP contribution in [-0.2, 0) is 32.0 Å². The Morgan fingerprint density at radius 1 is 0.980 bits per heavy atom. The highest BCUT2D eigenvalue weighted by atomic mass is 16.6. The van der Waals surface area contributed by atoms with Crippen LogP contribution in [0.4, 0.5) is 4.79 Å².